The molecular weight excluding hydrogens is 248 g/mol. The van der Waals surface area contributed by atoms with Crippen LogP contribution in [0.25, 0.3) is 0 Å². The van der Waals surface area contributed by atoms with Gasteiger partial charge in [-0.3, -0.25) is 4.79 Å². The standard InChI is InChI=1S/C14H26N2O.ClH/c15-10-12-6-3-7-13(12)14(17)16-9-8-11-4-1-2-5-11;/h11-13H,1-10,15H2,(H,16,17);1H/t12-,13-;/m1./s1. The number of rotatable bonds is 5. The Morgan fingerprint density at radius 3 is 2.50 bits per heavy atom. The molecule has 0 spiro atoms. The van der Waals surface area contributed by atoms with Gasteiger partial charge in [0.2, 0.25) is 5.91 Å². The molecule has 3 N–H and O–H groups in total. The molecule has 0 aromatic rings. The molecule has 0 aromatic heterocycles. The molecule has 0 heterocycles. The molecule has 2 aliphatic rings. The minimum Gasteiger partial charge on any atom is -0.356 e. The number of amides is 1. The van der Waals surface area contributed by atoms with Gasteiger partial charge < -0.3 is 11.1 Å². The minimum absolute atomic E-state index is 0. The lowest BCUT2D eigenvalue weighted by Crippen LogP contribution is -2.35. The van der Waals surface area contributed by atoms with Gasteiger partial charge in [0.25, 0.3) is 0 Å². The summed E-state index contributed by atoms with van der Waals surface area (Å²) in [5.74, 6) is 1.75. The molecule has 2 saturated carbocycles. The number of nitrogens with two attached hydrogens (primary N) is 1. The van der Waals surface area contributed by atoms with E-state index < -0.39 is 0 Å². The number of hydrogen-bond acceptors (Lipinski definition) is 2. The summed E-state index contributed by atoms with van der Waals surface area (Å²) in [6.07, 6.45) is 10.0. The van der Waals surface area contributed by atoms with Crippen LogP contribution in [0.2, 0.25) is 0 Å². The van der Waals surface area contributed by atoms with Crippen molar-refractivity contribution in [3.8, 4) is 0 Å². The van der Waals surface area contributed by atoms with Crippen LogP contribution in [0.15, 0.2) is 0 Å². The summed E-state index contributed by atoms with van der Waals surface area (Å²) in [5, 5.41) is 3.12. The fourth-order valence-corrected chi connectivity index (χ4v) is 3.49. The van der Waals surface area contributed by atoms with Crippen molar-refractivity contribution >= 4 is 18.3 Å². The Bertz CT molecular complexity index is 254. The van der Waals surface area contributed by atoms with E-state index in [0.717, 1.165) is 25.3 Å². The van der Waals surface area contributed by atoms with Crippen molar-refractivity contribution in [2.75, 3.05) is 13.1 Å². The highest BCUT2D eigenvalue weighted by Crippen LogP contribution is 2.31. The summed E-state index contributed by atoms with van der Waals surface area (Å²) < 4.78 is 0. The van der Waals surface area contributed by atoms with Gasteiger partial charge in [0.05, 0.1) is 0 Å². The molecule has 0 unspecified atom stereocenters. The van der Waals surface area contributed by atoms with Crippen LogP contribution in [0.1, 0.15) is 51.4 Å². The number of halogens is 1. The van der Waals surface area contributed by atoms with E-state index in [0.29, 0.717) is 12.5 Å². The van der Waals surface area contributed by atoms with E-state index in [1.165, 1.54) is 38.5 Å². The molecule has 1 amide bonds. The number of carbonyl (C=O) groups is 1. The van der Waals surface area contributed by atoms with E-state index >= 15 is 0 Å². The molecule has 4 heteroatoms. The highest BCUT2D eigenvalue weighted by molar-refractivity contribution is 5.85. The number of nitrogens with one attached hydrogen (secondary N) is 1. The second-order valence-corrected chi connectivity index (χ2v) is 5.76. The lowest BCUT2D eigenvalue weighted by molar-refractivity contribution is -0.126. The zero-order chi connectivity index (χ0) is 12.1. The van der Waals surface area contributed by atoms with Crippen molar-refractivity contribution in [2.24, 2.45) is 23.5 Å². The zero-order valence-corrected chi connectivity index (χ0v) is 12.0. The fraction of sp³-hybridized carbons (Fsp3) is 0.929. The van der Waals surface area contributed by atoms with E-state index in [2.05, 4.69) is 5.32 Å². The average molecular weight is 275 g/mol. The van der Waals surface area contributed by atoms with Crippen molar-refractivity contribution in [1.82, 2.24) is 5.32 Å². The highest BCUT2D eigenvalue weighted by Gasteiger charge is 2.31. The van der Waals surface area contributed by atoms with Crippen LogP contribution in [0.3, 0.4) is 0 Å². The summed E-state index contributed by atoms with van der Waals surface area (Å²) in [6, 6.07) is 0. The monoisotopic (exact) mass is 274 g/mol. The second kappa shape index (κ2) is 8.00. The summed E-state index contributed by atoms with van der Waals surface area (Å²) in [7, 11) is 0. The lowest BCUT2D eigenvalue weighted by Gasteiger charge is -2.18. The van der Waals surface area contributed by atoms with Crippen LogP contribution in [0.4, 0.5) is 0 Å². The maximum absolute atomic E-state index is 12.0. The Morgan fingerprint density at radius 1 is 1.11 bits per heavy atom. The first-order chi connectivity index (χ1) is 8.31. The Balaban J connectivity index is 0.00000162. The maximum Gasteiger partial charge on any atom is 0.223 e. The Morgan fingerprint density at radius 2 is 1.83 bits per heavy atom. The van der Waals surface area contributed by atoms with E-state index in [9.17, 15) is 4.79 Å². The zero-order valence-electron chi connectivity index (χ0n) is 11.2. The first kappa shape index (κ1) is 15.8. The minimum atomic E-state index is 0. The Labute approximate surface area is 117 Å². The third kappa shape index (κ3) is 4.13. The molecule has 0 saturated heterocycles. The predicted molar refractivity (Wildman–Crippen MR) is 76.7 cm³/mol. The smallest absolute Gasteiger partial charge is 0.223 e. The SMILES string of the molecule is Cl.NC[C@H]1CCC[C@H]1C(=O)NCCC1CCCC1. The predicted octanol–water partition coefficient (Wildman–Crippen LogP) is 2.48. The largest absolute Gasteiger partial charge is 0.356 e. The van der Waals surface area contributed by atoms with Crippen molar-refractivity contribution in [3.05, 3.63) is 0 Å². The maximum atomic E-state index is 12.0. The van der Waals surface area contributed by atoms with Gasteiger partial charge in [-0.05, 0) is 37.6 Å². The highest BCUT2D eigenvalue weighted by atomic mass is 35.5. The molecule has 18 heavy (non-hydrogen) atoms. The first-order valence-electron chi connectivity index (χ1n) is 7.29. The first-order valence-corrected chi connectivity index (χ1v) is 7.29. The van der Waals surface area contributed by atoms with Gasteiger partial charge in [-0.1, -0.05) is 32.1 Å². The molecule has 0 radical (unpaired) electrons. The molecule has 2 rings (SSSR count). The Hall–Kier alpha value is -0.280. The summed E-state index contributed by atoms with van der Waals surface area (Å²) in [5.41, 5.74) is 5.71. The van der Waals surface area contributed by atoms with Gasteiger partial charge in [0.15, 0.2) is 0 Å². The van der Waals surface area contributed by atoms with Crippen LogP contribution in [0.5, 0.6) is 0 Å². The van der Waals surface area contributed by atoms with Crippen molar-refractivity contribution in [1.29, 1.82) is 0 Å². The molecule has 2 fully saturated rings. The van der Waals surface area contributed by atoms with Crippen LogP contribution in [-0.2, 0) is 4.79 Å². The molecule has 3 nitrogen and oxygen atoms in total. The summed E-state index contributed by atoms with van der Waals surface area (Å²) in [4.78, 5) is 12.0. The molecule has 0 aliphatic heterocycles. The van der Waals surface area contributed by atoms with Gasteiger partial charge in [-0.2, -0.15) is 0 Å². The number of hydrogen-bond donors (Lipinski definition) is 2. The lowest BCUT2D eigenvalue weighted by atomic mass is 9.95. The molecule has 2 aliphatic carbocycles. The van der Waals surface area contributed by atoms with E-state index in [-0.39, 0.29) is 24.2 Å². The van der Waals surface area contributed by atoms with Crippen molar-refractivity contribution in [2.45, 2.75) is 51.4 Å². The topological polar surface area (TPSA) is 55.1 Å². The number of carbonyl (C=O) groups excluding carboxylic acids is 1. The van der Waals surface area contributed by atoms with Crippen molar-refractivity contribution < 1.29 is 4.79 Å². The van der Waals surface area contributed by atoms with Gasteiger partial charge in [0, 0.05) is 12.5 Å². The van der Waals surface area contributed by atoms with Crippen LogP contribution in [0, 0.1) is 17.8 Å². The quantitative estimate of drug-likeness (QED) is 0.809. The van der Waals surface area contributed by atoms with Crippen LogP contribution in [-0.4, -0.2) is 19.0 Å². The third-order valence-electron chi connectivity index (χ3n) is 4.63. The van der Waals surface area contributed by atoms with Crippen LogP contribution >= 0.6 is 12.4 Å². The van der Waals surface area contributed by atoms with Gasteiger partial charge in [-0.25, -0.2) is 0 Å². The average Bonchev–Trinajstić information content (AvgIpc) is 2.99. The van der Waals surface area contributed by atoms with Crippen molar-refractivity contribution in [3.63, 3.8) is 0 Å². The van der Waals surface area contributed by atoms with Gasteiger partial charge >= 0.3 is 0 Å². The molecule has 106 valence electrons. The molecule has 2 atom stereocenters. The second-order valence-electron chi connectivity index (χ2n) is 5.76. The normalized spacial score (nSPS) is 28.1. The Kier molecular flexibility index (Phi) is 7.02. The van der Waals surface area contributed by atoms with Gasteiger partial charge in [-0.15, -0.1) is 12.4 Å². The molecule has 0 bridgehead atoms. The van der Waals surface area contributed by atoms with Crippen LogP contribution < -0.4 is 11.1 Å². The molecular formula is C14H27ClN2O. The summed E-state index contributed by atoms with van der Waals surface area (Å²) >= 11 is 0. The summed E-state index contributed by atoms with van der Waals surface area (Å²) in [6.45, 7) is 1.54. The fourth-order valence-electron chi connectivity index (χ4n) is 3.49. The van der Waals surface area contributed by atoms with E-state index in [4.69, 9.17) is 5.73 Å². The van der Waals surface area contributed by atoms with E-state index in [1.807, 2.05) is 0 Å². The third-order valence-corrected chi connectivity index (χ3v) is 4.63. The van der Waals surface area contributed by atoms with Gasteiger partial charge in [0.1, 0.15) is 0 Å². The van der Waals surface area contributed by atoms with E-state index in [1.54, 1.807) is 0 Å². The molecule has 0 aromatic carbocycles.